The van der Waals surface area contributed by atoms with Crippen molar-refractivity contribution in [1.82, 2.24) is 5.32 Å². The zero-order valence-electron chi connectivity index (χ0n) is 11.4. The van der Waals surface area contributed by atoms with E-state index in [9.17, 15) is 4.79 Å². The molecule has 2 aromatic carbocycles. The Balaban J connectivity index is 1.66. The lowest BCUT2D eigenvalue weighted by Gasteiger charge is -2.08. The van der Waals surface area contributed by atoms with Crippen LogP contribution in [-0.4, -0.2) is 5.91 Å². The summed E-state index contributed by atoms with van der Waals surface area (Å²) in [4.78, 5) is 12.0. The molecular formula is C17H18N2O. The van der Waals surface area contributed by atoms with Gasteiger partial charge in [-0.15, -0.1) is 0 Å². The predicted octanol–water partition coefficient (Wildman–Crippen LogP) is 2.69. The first kappa shape index (κ1) is 12.7. The fourth-order valence-corrected chi connectivity index (χ4v) is 2.70. The monoisotopic (exact) mass is 266 g/mol. The molecular weight excluding hydrogens is 248 g/mol. The fourth-order valence-electron chi connectivity index (χ4n) is 2.70. The molecule has 0 bridgehead atoms. The van der Waals surface area contributed by atoms with Gasteiger partial charge in [-0.2, -0.15) is 0 Å². The standard InChI is InChI=1S/C17H18N2O/c18-16-6-2-5-15(10-16)17(20)19-11-12-7-8-13-3-1-4-14(13)9-12/h2,5-10H,1,3-4,11,18H2,(H,19,20). The first-order valence-corrected chi connectivity index (χ1v) is 6.97. The van der Waals surface area contributed by atoms with E-state index in [4.69, 9.17) is 5.73 Å². The largest absolute Gasteiger partial charge is 0.399 e. The maximum atomic E-state index is 12.0. The second-order valence-electron chi connectivity index (χ2n) is 5.26. The van der Waals surface area contributed by atoms with Crippen molar-refractivity contribution in [2.24, 2.45) is 0 Å². The van der Waals surface area contributed by atoms with Gasteiger partial charge in [0.2, 0.25) is 0 Å². The van der Waals surface area contributed by atoms with Crippen LogP contribution in [0.3, 0.4) is 0 Å². The van der Waals surface area contributed by atoms with Gasteiger partial charge in [0, 0.05) is 17.8 Å². The Labute approximate surface area is 118 Å². The molecule has 0 fully saturated rings. The summed E-state index contributed by atoms with van der Waals surface area (Å²) in [6.45, 7) is 0.556. The second kappa shape index (κ2) is 5.37. The van der Waals surface area contributed by atoms with Crippen LogP contribution >= 0.6 is 0 Å². The van der Waals surface area contributed by atoms with Crippen molar-refractivity contribution < 1.29 is 4.79 Å². The number of nitrogen functional groups attached to an aromatic ring is 1. The molecule has 2 aromatic rings. The summed E-state index contributed by atoms with van der Waals surface area (Å²) < 4.78 is 0. The minimum Gasteiger partial charge on any atom is -0.399 e. The van der Waals surface area contributed by atoms with Crippen LogP contribution < -0.4 is 11.1 Å². The molecule has 1 aliphatic rings. The number of anilines is 1. The third-order valence-corrected chi connectivity index (χ3v) is 3.76. The number of rotatable bonds is 3. The number of amides is 1. The number of aryl methyl sites for hydroxylation is 2. The number of carbonyl (C=O) groups excluding carboxylic acids is 1. The molecule has 0 unspecified atom stereocenters. The Morgan fingerprint density at radius 1 is 1.10 bits per heavy atom. The molecule has 0 heterocycles. The highest BCUT2D eigenvalue weighted by molar-refractivity contribution is 5.94. The molecule has 3 heteroatoms. The molecule has 102 valence electrons. The number of carbonyl (C=O) groups is 1. The molecule has 20 heavy (non-hydrogen) atoms. The van der Waals surface area contributed by atoms with Gasteiger partial charge >= 0.3 is 0 Å². The first-order chi connectivity index (χ1) is 9.72. The third-order valence-electron chi connectivity index (χ3n) is 3.76. The lowest BCUT2D eigenvalue weighted by Crippen LogP contribution is -2.22. The number of fused-ring (bicyclic) bond motifs is 1. The van der Waals surface area contributed by atoms with Crippen molar-refractivity contribution in [3.05, 3.63) is 64.7 Å². The maximum absolute atomic E-state index is 12.0. The highest BCUT2D eigenvalue weighted by Crippen LogP contribution is 2.22. The van der Waals surface area contributed by atoms with Crippen LogP contribution in [0.4, 0.5) is 5.69 Å². The number of hydrogen-bond acceptors (Lipinski definition) is 2. The highest BCUT2D eigenvalue weighted by Gasteiger charge is 2.11. The van der Waals surface area contributed by atoms with Crippen molar-refractivity contribution >= 4 is 11.6 Å². The number of hydrogen-bond donors (Lipinski definition) is 2. The van der Waals surface area contributed by atoms with E-state index >= 15 is 0 Å². The van der Waals surface area contributed by atoms with E-state index in [-0.39, 0.29) is 5.91 Å². The molecule has 3 nitrogen and oxygen atoms in total. The van der Waals surface area contributed by atoms with Crippen LogP contribution in [0.2, 0.25) is 0 Å². The Kier molecular flexibility index (Phi) is 3.42. The number of nitrogens with one attached hydrogen (secondary N) is 1. The smallest absolute Gasteiger partial charge is 0.251 e. The predicted molar refractivity (Wildman–Crippen MR) is 80.5 cm³/mol. The average Bonchev–Trinajstić information content (AvgIpc) is 2.92. The van der Waals surface area contributed by atoms with Crippen LogP contribution in [0.1, 0.15) is 33.5 Å². The van der Waals surface area contributed by atoms with Gasteiger partial charge in [0.15, 0.2) is 0 Å². The van der Waals surface area contributed by atoms with E-state index in [1.807, 2.05) is 0 Å². The summed E-state index contributed by atoms with van der Waals surface area (Å²) in [5.41, 5.74) is 10.9. The summed E-state index contributed by atoms with van der Waals surface area (Å²) in [6.07, 6.45) is 3.59. The molecule has 0 radical (unpaired) electrons. The van der Waals surface area contributed by atoms with E-state index in [1.54, 1.807) is 24.3 Å². The molecule has 0 aliphatic heterocycles. The lowest BCUT2D eigenvalue weighted by molar-refractivity contribution is 0.0951. The highest BCUT2D eigenvalue weighted by atomic mass is 16.1. The number of nitrogens with two attached hydrogens (primary N) is 1. The van der Waals surface area contributed by atoms with Crippen molar-refractivity contribution in [2.45, 2.75) is 25.8 Å². The number of benzene rings is 2. The molecule has 1 aliphatic carbocycles. The van der Waals surface area contributed by atoms with Crippen LogP contribution in [0.5, 0.6) is 0 Å². The minimum atomic E-state index is -0.0854. The average molecular weight is 266 g/mol. The Morgan fingerprint density at radius 2 is 1.95 bits per heavy atom. The fraction of sp³-hybridized carbons (Fsp3) is 0.235. The Morgan fingerprint density at radius 3 is 2.80 bits per heavy atom. The summed E-state index contributed by atoms with van der Waals surface area (Å²) in [6, 6.07) is 13.5. The first-order valence-electron chi connectivity index (χ1n) is 6.97. The van der Waals surface area contributed by atoms with Gasteiger partial charge in [-0.25, -0.2) is 0 Å². The van der Waals surface area contributed by atoms with E-state index in [1.165, 1.54) is 24.0 Å². The molecule has 0 atom stereocenters. The molecule has 3 rings (SSSR count). The van der Waals surface area contributed by atoms with Gasteiger partial charge < -0.3 is 11.1 Å². The SMILES string of the molecule is Nc1cccc(C(=O)NCc2ccc3c(c2)CCC3)c1. The van der Waals surface area contributed by atoms with Gasteiger partial charge in [-0.05, 0) is 54.2 Å². The van der Waals surface area contributed by atoms with Gasteiger partial charge in [0.05, 0.1) is 0 Å². The zero-order valence-corrected chi connectivity index (χ0v) is 11.4. The quantitative estimate of drug-likeness (QED) is 0.839. The van der Waals surface area contributed by atoms with Crippen LogP contribution in [0, 0.1) is 0 Å². The maximum Gasteiger partial charge on any atom is 0.251 e. The van der Waals surface area contributed by atoms with Crippen molar-refractivity contribution in [3.63, 3.8) is 0 Å². The van der Waals surface area contributed by atoms with Crippen molar-refractivity contribution in [3.8, 4) is 0 Å². The van der Waals surface area contributed by atoms with E-state index in [2.05, 4.69) is 23.5 Å². The van der Waals surface area contributed by atoms with Crippen LogP contribution in [-0.2, 0) is 19.4 Å². The Hall–Kier alpha value is -2.29. The third kappa shape index (κ3) is 2.67. The van der Waals surface area contributed by atoms with E-state index < -0.39 is 0 Å². The van der Waals surface area contributed by atoms with Gasteiger partial charge in [-0.1, -0.05) is 24.3 Å². The van der Waals surface area contributed by atoms with E-state index in [0.29, 0.717) is 17.8 Å². The van der Waals surface area contributed by atoms with Gasteiger partial charge in [-0.3, -0.25) is 4.79 Å². The summed E-state index contributed by atoms with van der Waals surface area (Å²) >= 11 is 0. The molecule has 0 saturated heterocycles. The van der Waals surface area contributed by atoms with E-state index in [0.717, 1.165) is 12.0 Å². The molecule has 1 amide bonds. The van der Waals surface area contributed by atoms with Gasteiger partial charge in [0.25, 0.3) is 5.91 Å². The molecule has 3 N–H and O–H groups in total. The normalized spacial score (nSPS) is 13.0. The molecule has 0 aromatic heterocycles. The van der Waals surface area contributed by atoms with Gasteiger partial charge in [0.1, 0.15) is 0 Å². The van der Waals surface area contributed by atoms with Crippen LogP contribution in [0.15, 0.2) is 42.5 Å². The van der Waals surface area contributed by atoms with Crippen molar-refractivity contribution in [2.75, 3.05) is 5.73 Å². The van der Waals surface area contributed by atoms with Crippen LogP contribution in [0.25, 0.3) is 0 Å². The second-order valence-corrected chi connectivity index (χ2v) is 5.26. The minimum absolute atomic E-state index is 0.0854. The molecule has 0 spiro atoms. The Bertz CT molecular complexity index is 649. The topological polar surface area (TPSA) is 55.1 Å². The summed E-state index contributed by atoms with van der Waals surface area (Å²) in [5, 5.41) is 2.94. The molecule has 0 saturated carbocycles. The summed E-state index contributed by atoms with van der Waals surface area (Å²) in [5.74, 6) is -0.0854. The summed E-state index contributed by atoms with van der Waals surface area (Å²) in [7, 11) is 0. The zero-order chi connectivity index (χ0) is 13.9. The van der Waals surface area contributed by atoms with Crippen molar-refractivity contribution in [1.29, 1.82) is 0 Å². The lowest BCUT2D eigenvalue weighted by atomic mass is 10.1.